The van der Waals surface area contributed by atoms with E-state index < -0.39 is 0 Å². The zero-order valence-electron chi connectivity index (χ0n) is 11.2. The van der Waals surface area contributed by atoms with Crippen LogP contribution in [0.2, 0.25) is 0 Å². The van der Waals surface area contributed by atoms with Crippen LogP contribution in [0, 0.1) is 0 Å². The van der Waals surface area contributed by atoms with Crippen LogP contribution in [0.15, 0.2) is 24.3 Å². The van der Waals surface area contributed by atoms with Crippen molar-refractivity contribution in [1.29, 1.82) is 0 Å². The van der Waals surface area contributed by atoms with Crippen molar-refractivity contribution in [2.45, 2.75) is 46.2 Å². The van der Waals surface area contributed by atoms with Gasteiger partial charge in [-0.05, 0) is 44.4 Å². The molecule has 0 amide bonds. The molecule has 0 aliphatic heterocycles. The molecule has 0 bridgehead atoms. The molecule has 1 aromatic carbocycles. The molecule has 0 heterocycles. The quantitative estimate of drug-likeness (QED) is 0.680. The molecule has 0 aliphatic rings. The molecule has 1 nitrogen and oxygen atoms in total. The molecule has 1 aromatic rings. The van der Waals surface area contributed by atoms with Crippen molar-refractivity contribution in [2.24, 2.45) is 0 Å². The zero-order valence-corrected chi connectivity index (χ0v) is 12.8. The smallest absolute Gasteiger partial charge is 0.0236 e. The van der Waals surface area contributed by atoms with Crippen LogP contribution in [0.5, 0.6) is 0 Å². The van der Waals surface area contributed by atoms with E-state index in [2.05, 4.69) is 65.9 Å². The van der Waals surface area contributed by atoms with E-state index in [0.29, 0.717) is 6.04 Å². The minimum Gasteiger partial charge on any atom is -0.297 e. The molecule has 96 valence electrons. The molecule has 0 saturated carbocycles. The van der Waals surface area contributed by atoms with E-state index in [1.165, 1.54) is 24.1 Å². The van der Waals surface area contributed by atoms with Gasteiger partial charge in [-0.1, -0.05) is 47.1 Å². The van der Waals surface area contributed by atoms with Crippen LogP contribution in [0.4, 0.5) is 0 Å². The fourth-order valence-corrected chi connectivity index (χ4v) is 2.15. The number of halogens is 1. The molecule has 0 saturated heterocycles. The van der Waals surface area contributed by atoms with Gasteiger partial charge in [-0.25, -0.2) is 0 Å². The fraction of sp³-hybridized carbons (Fsp3) is 0.600. The molecule has 0 fully saturated rings. The molecular formula is C15H24BrN. The molecule has 0 N–H and O–H groups in total. The Bertz CT molecular complexity index is 305. The number of rotatable bonds is 7. The summed E-state index contributed by atoms with van der Waals surface area (Å²) in [6, 6.07) is 9.64. The lowest BCUT2D eigenvalue weighted by molar-refractivity contribution is 0.214. The van der Waals surface area contributed by atoms with E-state index >= 15 is 0 Å². The highest BCUT2D eigenvalue weighted by atomic mass is 79.9. The predicted molar refractivity (Wildman–Crippen MR) is 79.8 cm³/mol. The molecule has 0 atom stereocenters. The van der Waals surface area contributed by atoms with E-state index in [9.17, 15) is 0 Å². The number of alkyl halides is 1. The summed E-state index contributed by atoms with van der Waals surface area (Å²) in [5.74, 6) is 0. The van der Waals surface area contributed by atoms with Crippen LogP contribution in [0.3, 0.4) is 0 Å². The van der Waals surface area contributed by atoms with Gasteiger partial charge in [0, 0.05) is 17.9 Å². The topological polar surface area (TPSA) is 3.24 Å². The Balaban J connectivity index is 2.58. The Hall–Kier alpha value is -0.340. The maximum absolute atomic E-state index is 3.50. The Kier molecular flexibility index (Phi) is 6.83. The largest absolute Gasteiger partial charge is 0.297 e. The summed E-state index contributed by atoms with van der Waals surface area (Å²) in [6.07, 6.45) is 2.34. The summed E-state index contributed by atoms with van der Waals surface area (Å²) in [5, 5.41) is 1.09. The molecule has 0 aromatic heterocycles. The van der Waals surface area contributed by atoms with Gasteiger partial charge in [-0.3, -0.25) is 4.90 Å². The average Bonchev–Trinajstić information content (AvgIpc) is 2.35. The second-order valence-corrected chi connectivity index (χ2v) is 5.57. The molecule has 0 radical (unpaired) electrons. The van der Waals surface area contributed by atoms with Gasteiger partial charge >= 0.3 is 0 Å². The van der Waals surface area contributed by atoms with Crippen LogP contribution >= 0.6 is 15.9 Å². The molecule has 1 rings (SSSR count). The highest BCUT2D eigenvalue weighted by Crippen LogP contribution is 2.11. The second kappa shape index (κ2) is 7.88. The SMILES string of the molecule is CCc1ccc(CN(CCCBr)C(C)C)cc1. The molecule has 17 heavy (non-hydrogen) atoms. The maximum atomic E-state index is 3.50. The minimum absolute atomic E-state index is 0.611. The van der Waals surface area contributed by atoms with Crippen molar-refractivity contribution < 1.29 is 0 Å². The van der Waals surface area contributed by atoms with Crippen LogP contribution < -0.4 is 0 Å². The summed E-state index contributed by atoms with van der Waals surface area (Å²) in [7, 11) is 0. The molecule has 0 spiro atoms. The average molecular weight is 298 g/mol. The Morgan fingerprint density at radius 2 is 1.71 bits per heavy atom. The first-order valence-electron chi connectivity index (χ1n) is 6.55. The van der Waals surface area contributed by atoms with E-state index in [1.54, 1.807) is 0 Å². The third-order valence-corrected chi connectivity index (χ3v) is 3.69. The highest BCUT2D eigenvalue weighted by Gasteiger charge is 2.09. The first-order valence-corrected chi connectivity index (χ1v) is 7.67. The lowest BCUT2D eigenvalue weighted by Gasteiger charge is -2.26. The zero-order chi connectivity index (χ0) is 12.7. The summed E-state index contributed by atoms with van der Waals surface area (Å²) in [5.41, 5.74) is 2.84. The van der Waals surface area contributed by atoms with E-state index in [4.69, 9.17) is 0 Å². The lowest BCUT2D eigenvalue weighted by atomic mass is 10.1. The number of benzene rings is 1. The van der Waals surface area contributed by atoms with Crippen LogP contribution in [0.1, 0.15) is 38.3 Å². The van der Waals surface area contributed by atoms with Gasteiger partial charge in [0.25, 0.3) is 0 Å². The van der Waals surface area contributed by atoms with Gasteiger partial charge in [0.2, 0.25) is 0 Å². The van der Waals surface area contributed by atoms with Gasteiger partial charge in [-0.15, -0.1) is 0 Å². The summed E-state index contributed by atoms with van der Waals surface area (Å²) >= 11 is 3.50. The lowest BCUT2D eigenvalue weighted by Crippen LogP contribution is -2.31. The minimum atomic E-state index is 0.611. The van der Waals surface area contributed by atoms with Crippen molar-refractivity contribution in [2.75, 3.05) is 11.9 Å². The van der Waals surface area contributed by atoms with Gasteiger partial charge in [-0.2, -0.15) is 0 Å². The Morgan fingerprint density at radius 1 is 1.12 bits per heavy atom. The number of nitrogens with zero attached hydrogens (tertiary/aromatic N) is 1. The highest BCUT2D eigenvalue weighted by molar-refractivity contribution is 9.09. The second-order valence-electron chi connectivity index (χ2n) is 4.78. The fourth-order valence-electron chi connectivity index (χ4n) is 1.90. The first-order chi connectivity index (χ1) is 8.17. The van der Waals surface area contributed by atoms with Gasteiger partial charge < -0.3 is 0 Å². The molecule has 0 aliphatic carbocycles. The predicted octanol–water partition coefficient (Wildman–Crippen LogP) is 4.24. The number of hydrogen-bond donors (Lipinski definition) is 0. The Morgan fingerprint density at radius 3 is 2.18 bits per heavy atom. The Labute approximate surface area is 114 Å². The summed E-state index contributed by atoms with van der Waals surface area (Å²) < 4.78 is 0. The van der Waals surface area contributed by atoms with E-state index in [0.717, 1.165) is 18.3 Å². The summed E-state index contributed by atoms with van der Waals surface area (Å²) in [6.45, 7) is 8.97. The van der Waals surface area contributed by atoms with Crippen LogP contribution in [0.25, 0.3) is 0 Å². The maximum Gasteiger partial charge on any atom is 0.0236 e. The molecule has 2 heteroatoms. The number of hydrogen-bond acceptors (Lipinski definition) is 1. The molecule has 0 unspecified atom stereocenters. The van der Waals surface area contributed by atoms with E-state index in [1.807, 2.05) is 0 Å². The monoisotopic (exact) mass is 297 g/mol. The van der Waals surface area contributed by atoms with Crippen molar-refractivity contribution >= 4 is 15.9 Å². The number of aryl methyl sites for hydroxylation is 1. The van der Waals surface area contributed by atoms with E-state index in [-0.39, 0.29) is 0 Å². The summed E-state index contributed by atoms with van der Waals surface area (Å²) in [4.78, 5) is 2.53. The van der Waals surface area contributed by atoms with Gasteiger partial charge in [0.05, 0.1) is 0 Å². The molecular weight excluding hydrogens is 274 g/mol. The van der Waals surface area contributed by atoms with Crippen molar-refractivity contribution in [3.05, 3.63) is 35.4 Å². The van der Waals surface area contributed by atoms with Crippen molar-refractivity contribution in [1.82, 2.24) is 4.90 Å². The first kappa shape index (κ1) is 14.7. The third kappa shape index (κ3) is 5.22. The third-order valence-electron chi connectivity index (χ3n) is 3.13. The van der Waals surface area contributed by atoms with Crippen molar-refractivity contribution in [3.63, 3.8) is 0 Å². The normalized spacial score (nSPS) is 11.4. The van der Waals surface area contributed by atoms with Crippen LogP contribution in [-0.4, -0.2) is 22.8 Å². The van der Waals surface area contributed by atoms with Gasteiger partial charge in [0.1, 0.15) is 0 Å². The van der Waals surface area contributed by atoms with Gasteiger partial charge in [0.15, 0.2) is 0 Å². The standard InChI is InChI=1S/C15H24BrN/c1-4-14-6-8-15(9-7-14)12-17(13(2)3)11-5-10-16/h6-9,13H,4-5,10-12H2,1-3H3. The van der Waals surface area contributed by atoms with Crippen LogP contribution in [-0.2, 0) is 13.0 Å². The van der Waals surface area contributed by atoms with Crippen molar-refractivity contribution in [3.8, 4) is 0 Å².